The van der Waals surface area contributed by atoms with Crippen molar-refractivity contribution in [2.75, 3.05) is 13.1 Å². The quantitative estimate of drug-likeness (QED) is 0.819. The highest BCUT2D eigenvalue weighted by Crippen LogP contribution is 2.32. The van der Waals surface area contributed by atoms with Gasteiger partial charge in [0.05, 0.1) is 12.2 Å². The van der Waals surface area contributed by atoms with E-state index in [1.54, 1.807) is 0 Å². The maximum Gasteiger partial charge on any atom is 0.241 e. The van der Waals surface area contributed by atoms with Gasteiger partial charge in [0, 0.05) is 25.2 Å². The van der Waals surface area contributed by atoms with Crippen LogP contribution in [0.3, 0.4) is 0 Å². The molecule has 0 spiro atoms. The van der Waals surface area contributed by atoms with Crippen LogP contribution in [-0.2, 0) is 4.79 Å². The van der Waals surface area contributed by atoms with Crippen molar-refractivity contribution < 1.29 is 4.79 Å². The highest BCUT2D eigenvalue weighted by atomic mass is 16.2. The second-order valence-corrected chi connectivity index (χ2v) is 6.45. The summed E-state index contributed by atoms with van der Waals surface area (Å²) in [6, 6.07) is 1.36. The summed E-state index contributed by atoms with van der Waals surface area (Å²) in [6.45, 7) is 6.61. The molecule has 2 saturated heterocycles. The Morgan fingerprint density at radius 3 is 2.74 bits per heavy atom. The zero-order valence-electron chi connectivity index (χ0n) is 12.3. The van der Waals surface area contributed by atoms with Crippen molar-refractivity contribution in [3.05, 3.63) is 0 Å². The van der Waals surface area contributed by atoms with Crippen LogP contribution in [-0.4, -0.2) is 53.1 Å². The van der Waals surface area contributed by atoms with E-state index < -0.39 is 0 Å². The van der Waals surface area contributed by atoms with Gasteiger partial charge < -0.3 is 4.90 Å². The first-order chi connectivity index (χ1) is 9.20. The normalized spacial score (nSPS) is 36.4. The van der Waals surface area contributed by atoms with Crippen molar-refractivity contribution in [2.24, 2.45) is 0 Å². The third-order valence-corrected chi connectivity index (χ3v) is 4.91. The minimum atomic E-state index is 0.0740. The van der Waals surface area contributed by atoms with Crippen LogP contribution in [0.5, 0.6) is 0 Å². The fourth-order valence-electron chi connectivity index (χ4n) is 3.69. The standard InChI is InChI=1S/C15H27N3O/c1-3-4-5-14-15(19)18(11(2)16-14)13-8-9-17(10-13)12-6-7-12/h11-14,16H,3-10H2,1-2H3. The summed E-state index contributed by atoms with van der Waals surface area (Å²) in [5, 5.41) is 3.48. The number of likely N-dealkylation sites (tertiary alicyclic amines) is 1. The summed E-state index contributed by atoms with van der Waals surface area (Å²) >= 11 is 0. The van der Waals surface area contributed by atoms with E-state index in [-0.39, 0.29) is 12.2 Å². The van der Waals surface area contributed by atoms with Gasteiger partial charge in [-0.2, -0.15) is 0 Å². The Balaban J connectivity index is 1.59. The van der Waals surface area contributed by atoms with E-state index in [4.69, 9.17) is 0 Å². The lowest BCUT2D eigenvalue weighted by Crippen LogP contribution is -2.44. The van der Waals surface area contributed by atoms with Crippen LogP contribution in [0.25, 0.3) is 0 Å². The minimum Gasteiger partial charge on any atom is -0.322 e. The van der Waals surface area contributed by atoms with E-state index in [2.05, 4.69) is 29.0 Å². The van der Waals surface area contributed by atoms with E-state index in [0.717, 1.165) is 31.8 Å². The highest BCUT2D eigenvalue weighted by Gasteiger charge is 2.44. The van der Waals surface area contributed by atoms with Gasteiger partial charge in [0.2, 0.25) is 5.91 Å². The Kier molecular flexibility index (Phi) is 3.81. The van der Waals surface area contributed by atoms with Crippen LogP contribution in [0.4, 0.5) is 0 Å². The average Bonchev–Trinajstić information content (AvgIpc) is 3.07. The molecular formula is C15H27N3O. The molecule has 0 bridgehead atoms. The molecular weight excluding hydrogens is 238 g/mol. The lowest BCUT2D eigenvalue weighted by atomic mass is 10.1. The molecule has 1 saturated carbocycles. The topological polar surface area (TPSA) is 35.6 Å². The van der Waals surface area contributed by atoms with E-state index >= 15 is 0 Å². The van der Waals surface area contributed by atoms with Gasteiger partial charge in [-0.15, -0.1) is 0 Å². The number of carbonyl (C=O) groups excluding carboxylic acids is 1. The highest BCUT2D eigenvalue weighted by molar-refractivity contribution is 5.84. The van der Waals surface area contributed by atoms with E-state index in [9.17, 15) is 4.79 Å². The first kappa shape index (κ1) is 13.4. The van der Waals surface area contributed by atoms with Gasteiger partial charge in [0.15, 0.2) is 0 Å². The average molecular weight is 265 g/mol. The smallest absolute Gasteiger partial charge is 0.241 e. The molecule has 0 aromatic heterocycles. The van der Waals surface area contributed by atoms with Gasteiger partial charge >= 0.3 is 0 Å². The van der Waals surface area contributed by atoms with Gasteiger partial charge in [0.25, 0.3) is 0 Å². The summed E-state index contributed by atoms with van der Waals surface area (Å²) < 4.78 is 0. The molecule has 0 radical (unpaired) electrons. The Labute approximate surface area is 116 Å². The maximum atomic E-state index is 12.5. The number of amides is 1. The molecule has 3 atom stereocenters. The van der Waals surface area contributed by atoms with Crippen molar-refractivity contribution in [2.45, 2.75) is 76.7 Å². The Bertz CT molecular complexity index is 342. The van der Waals surface area contributed by atoms with Crippen molar-refractivity contribution in [3.8, 4) is 0 Å². The molecule has 3 fully saturated rings. The Morgan fingerprint density at radius 2 is 2.05 bits per heavy atom. The predicted molar refractivity (Wildman–Crippen MR) is 75.8 cm³/mol. The van der Waals surface area contributed by atoms with E-state index in [1.165, 1.54) is 25.8 Å². The third-order valence-electron chi connectivity index (χ3n) is 4.91. The first-order valence-electron chi connectivity index (χ1n) is 8.03. The molecule has 0 aromatic rings. The lowest BCUT2D eigenvalue weighted by Gasteiger charge is -2.28. The molecule has 0 aromatic carbocycles. The number of hydrogen-bond acceptors (Lipinski definition) is 3. The monoisotopic (exact) mass is 265 g/mol. The molecule has 19 heavy (non-hydrogen) atoms. The van der Waals surface area contributed by atoms with E-state index in [0.29, 0.717) is 11.9 Å². The number of nitrogens with zero attached hydrogens (tertiary/aromatic N) is 2. The largest absolute Gasteiger partial charge is 0.322 e. The molecule has 1 aliphatic carbocycles. The summed E-state index contributed by atoms with van der Waals surface area (Å²) in [5.41, 5.74) is 0. The molecule has 3 aliphatic rings. The fraction of sp³-hybridized carbons (Fsp3) is 0.933. The summed E-state index contributed by atoms with van der Waals surface area (Å²) in [7, 11) is 0. The Morgan fingerprint density at radius 1 is 1.26 bits per heavy atom. The van der Waals surface area contributed by atoms with Gasteiger partial charge in [-0.3, -0.25) is 15.0 Å². The van der Waals surface area contributed by atoms with Gasteiger partial charge in [-0.25, -0.2) is 0 Å². The second kappa shape index (κ2) is 5.41. The molecule has 1 amide bonds. The van der Waals surface area contributed by atoms with E-state index in [1.807, 2.05) is 0 Å². The SMILES string of the molecule is CCCCC1NC(C)N(C2CCN(C3CC3)C2)C1=O. The number of hydrogen-bond donors (Lipinski definition) is 1. The van der Waals surface area contributed by atoms with Gasteiger partial charge in [0.1, 0.15) is 0 Å². The first-order valence-corrected chi connectivity index (χ1v) is 8.03. The third kappa shape index (κ3) is 2.65. The minimum absolute atomic E-state index is 0.0740. The van der Waals surface area contributed by atoms with Crippen LogP contribution >= 0.6 is 0 Å². The van der Waals surface area contributed by atoms with Crippen molar-refractivity contribution in [1.29, 1.82) is 0 Å². The summed E-state index contributed by atoms with van der Waals surface area (Å²) in [5.74, 6) is 0.351. The molecule has 3 unspecified atom stereocenters. The van der Waals surface area contributed by atoms with Crippen molar-refractivity contribution in [1.82, 2.24) is 15.1 Å². The zero-order valence-corrected chi connectivity index (χ0v) is 12.3. The number of nitrogens with one attached hydrogen (secondary N) is 1. The van der Waals surface area contributed by atoms with Crippen LogP contribution in [0, 0.1) is 0 Å². The molecule has 4 heteroatoms. The Hall–Kier alpha value is -0.610. The van der Waals surface area contributed by atoms with Crippen LogP contribution in [0.1, 0.15) is 52.4 Å². The van der Waals surface area contributed by atoms with Gasteiger partial charge in [-0.05, 0) is 32.6 Å². The molecule has 4 nitrogen and oxygen atoms in total. The van der Waals surface area contributed by atoms with Gasteiger partial charge in [-0.1, -0.05) is 19.8 Å². The second-order valence-electron chi connectivity index (χ2n) is 6.45. The van der Waals surface area contributed by atoms with Crippen molar-refractivity contribution >= 4 is 5.91 Å². The fourth-order valence-corrected chi connectivity index (χ4v) is 3.69. The number of unbranched alkanes of at least 4 members (excludes halogenated alkanes) is 1. The molecule has 1 N–H and O–H groups in total. The van der Waals surface area contributed by atoms with Crippen molar-refractivity contribution in [3.63, 3.8) is 0 Å². The predicted octanol–water partition coefficient (Wildman–Crippen LogP) is 1.56. The number of rotatable bonds is 5. The zero-order chi connectivity index (χ0) is 13.4. The molecule has 108 valence electrons. The van der Waals surface area contributed by atoms with Crippen LogP contribution in [0.15, 0.2) is 0 Å². The summed E-state index contributed by atoms with van der Waals surface area (Å²) in [4.78, 5) is 17.3. The van der Waals surface area contributed by atoms with Crippen LogP contribution < -0.4 is 5.32 Å². The molecule has 3 rings (SSSR count). The molecule has 2 aliphatic heterocycles. The van der Waals surface area contributed by atoms with Crippen LogP contribution in [0.2, 0.25) is 0 Å². The molecule has 2 heterocycles. The lowest BCUT2D eigenvalue weighted by molar-refractivity contribution is -0.132. The maximum absolute atomic E-state index is 12.5. The summed E-state index contributed by atoms with van der Waals surface area (Å²) in [6.07, 6.45) is 7.42. The number of carbonyl (C=O) groups is 1.